The van der Waals surface area contributed by atoms with Crippen LogP contribution in [0.5, 0.6) is 0 Å². The third-order valence-corrected chi connectivity index (χ3v) is 5.56. The zero-order chi connectivity index (χ0) is 22.3. The van der Waals surface area contributed by atoms with Crippen LogP contribution in [-0.4, -0.2) is 58.5 Å². The van der Waals surface area contributed by atoms with Crippen LogP contribution < -0.4 is 4.72 Å². The highest BCUT2D eigenvalue weighted by Crippen LogP contribution is 2.20. The number of anilines is 1. The summed E-state index contributed by atoms with van der Waals surface area (Å²) in [6.45, 7) is 0.857. The number of amides is 1. The molecule has 0 aliphatic heterocycles. The van der Waals surface area contributed by atoms with Crippen LogP contribution in [0, 0.1) is 6.92 Å². The summed E-state index contributed by atoms with van der Waals surface area (Å²) < 4.78 is 36.8. The maximum Gasteiger partial charge on any atom is 0.325 e. The SMILES string of the molecule is COC(=O)CN(CC(=O)OC)C(=O)c1ccc(S(=O)(=O)Nc2ccccc2C)cc1. The van der Waals surface area contributed by atoms with E-state index in [1.807, 2.05) is 0 Å². The highest BCUT2D eigenvalue weighted by Gasteiger charge is 2.23. The van der Waals surface area contributed by atoms with E-state index in [1.165, 1.54) is 24.3 Å². The van der Waals surface area contributed by atoms with Crippen LogP contribution in [0.15, 0.2) is 53.4 Å². The molecule has 0 saturated heterocycles. The molecular weight excluding hydrogens is 412 g/mol. The molecule has 0 fully saturated rings. The van der Waals surface area contributed by atoms with Gasteiger partial charge in [0, 0.05) is 5.56 Å². The fourth-order valence-electron chi connectivity index (χ4n) is 2.49. The zero-order valence-corrected chi connectivity index (χ0v) is 17.6. The van der Waals surface area contributed by atoms with E-state index in [9.17, 15) is 22.8 Å². The first-order chi connectivity index (χ1) is 14.2. The van der Waals surface area contributed by atoms with E-state index in [0.29, 0.717) is 5.69 Å². The Hall–Kier alpha value is -3.40. The number of sulfonamides is 1. The van der Waals surface area contributed by atoms with Gasteiger partial charge >= 0.3 is 11.9 Å². The lowest BCUT2D eigenvalue weighted by molar-refractivity contribution is -0.144. The van der Waals surface area contributed by atoms with Crippen LogP contribution in [0.2, 0.25) is 0 Å². The highest BCUT2D eigenvalue weighted by atomic mass is 32.2. The molecule has 0 aliphatic carbocycles. The molecule has 0 atom stereocenters. The van der Waals surface area contributed by atoms with Gasteiger partial charge in [-0.25, -0.2) is 8.42 Å². The number of hydrogen-bond donors (Lipinski definition) is 1. The van der Waals surface area contributed by atoms with E-state index in [-0.39, 0.29) is 10.5 Å². The van der Waals surface area contributed by atoms with E-state index >= 15 is 0 Å². The van der Waals surface area contributed by atoms with Crippen LogP contribution in [0.4, 0.5) is 5.69 Å². The maximum atomic E-state index is 12.7. The minimum atomic E-state index is -3.87. The molecule has 0 bridgehead atoms. The summed E-state index contributed by atoms with van der Waals surface area (Å²) in [5.74, 6) is -2.08. The number of methoxy groups -OCH3 is 2. The Morgan fingerprint density at radius 3 is 1.93 bits per heavy atom. The van der Waals surface area contributed by atoms with E-state index < -0.39 is 41.0 Å². The molecule has 30 heavy (non-hydrogen) atoms. The van der Waals surface area contributed by atoms with Gasteiger partial charge < -0.3 is 14.4 Å². The molecule has 2 aromatic carbocycles. The standard InChI is InChI=1S/C20H22N2O7S/c1-14-6-4-5-7-17(14)21-30(26,27)16-10-8-15(9-11-16)20(25)22(12-18(23)28-2)13-19(24)29-3/h4-11,21H,12-13H2,1-3H3. The summed E-state index contributed by atoms with van der Waals surface area (Å²) in [7, 11) is -1.55. The summed E-state index contributed by atoms with van der Waals surface area (Å²) in [5, 5.41) is 0. The van der Waals surface area contributed by atoms with Crippen molar-refractivity contribution in [3.05, 3.63) is 59.7 Å². The Bertz CT molecular complexity index is 1020. The first kappa shape index (κ1) is 22.9. The highest BCUT2D eigenvalue weighted by molar-refractivity contribution is 7.92. The topological polar surface area (TPSA) is 119 Å². The van der Waals surface area contributed by atoms with Gasteiger partial charge in [-0.1, -0.05) is 18.2 Å². The number of aryl methyl sites for hydroxylation is 1. The molecular formula is C20H22N2O7S. The third-order valence-electron chi connectivity index (χ3n) is 4.18. The Balaban J connectivity index is 2.23. The van der Waals surface area contributed by atoms with E-state index in [0.717, 1.165) is 24.7 Å². The number of carbonyl (C=O) groups excluding carboxylic acids is 3. The van der Waals surface area contributed by atoms with Crippen molar-refractivity contribution in [1.82, 2.24) is 4.90 Å². The van der Waals surface area contributed by atoms with Gasteiger partial charge in [0.2, 0.25) is 0 Å². The fourth-order valence-corrected chi connectivity index (χ4v) is 3.62. The van der Waals surface area contributed by atoms with Crippen molar-refractivity contribution in [2.24, 2.45) is 0 Å². The summed E-state index contributed by atoms with van der Waals surface area (Å²) >= 11 is 0. The quantitative estimate of drug-likeness (QED) is 0.627. The predicted molar refractivity (Wildman–Crippen MR) is 108 cm³/mol. The van der Waals surface area contributed by atoms with Gasteiger partial charge in [0.1, 0.15) is 13.1 Å². The van der Waals surface area contributed by atoms with Crippen molar-refractivity contribution in [1.29, 1.82) is 0 Å². The first-order valence-corrected chi connectivity index (χ1v) is 10.3. The molecule has 2 aromatic rings. The van der Waals surface area contributed by atoms with Gasteiger partial charge in [-0.2, -0.15) is 0 Å². The van der Waals surface area contributed by atoms with Crippen molar-refractivity contribution in [3.8, 4) is 0 Å². The monoisotopic (exact) mass is 434 g/mol. The summed E-state index contributed by atoms with van der Waals surface area (Å²) in [4.78, 5) is 36.7. The van der Waals surface area contributed by atoms with Gasteiger partial charge in [0.05, 0.1) is 24.8 Å². The molecule has 2 rings (SSSR count). The second-order valence-corrected chi connectivity index (χ2v) is 7.94. The van der Waals surface area contributed by atoms with Crippen LogP contribution in [0.1, 0.15) is 15.9 Å². The van der Waals surface area contributed by atoms with Crippen LogP contribution in [0.3, 0.4) is 0 Å². The predicted octanol–water partition coefficient (Wildman–Crippen LogP) is 1.58. The number of benzene rings is 2. The van der Waals surface area contributed by atoms with Crippen LogP contribution in [0.25, 0.3) is 0 Å². The summed E-state index contributed by atoms with van der Waals surface area (Å²) in [5.41, 5.74) is 1.30. The number of hydrogen-bond acceptors (Lipinski definition) is 7. The Kier molecular flexibility index (Phi) is 7.54. The average molecular weight is 434 g/mol. The number of rotatable bonds is 8. The van der Waals surface area contributed by atoms with Crippen molar-refractivity contribution in [2.45, 2.75) is 11.8 Å². The molecule has 0 saturated carbocycles. The molecule has 0 spiro atoms. The average Bonchev–Trinajstić information content (AvgIpc) is 2.74. The molecule has 0 heterocycles. The minimum absolute atomic E-state index is 0.0465. The molecule has 0 aliphatic rings. The molecule has 10 heteroatoms. The normalized spacial score (nSPS) is 10.8. The number of ether oxygens (including phenoxy) is 2. The van der Waals surface area contributed by atoms with Gasteiger partial charge in [0.25, 0.3) is 15.9 Å². The van der Waals surface area contributed by atoms with Gasteiger partial charge in [-0.05, 0) is 42.8 Å². The number of nitrogens with one attached hydrogen (secondary N) is 1. The van der Waals surface area contributed by atoms with Gasteiger partial charge in [-0.15, -0.1) is 0 Å². The molecule has 9 nitrogen and oxygen atoms in total. The molecule has 1 amide bonds. The maximum absolute atomic E-state index is 12.7. The van der Waals surface area contributed by atoms with Gasteiger partial charge in [-0.3, -0.25) is 19.1 Å². The lowest BCUT2D eigenvalue weighted by Gasteiger charge is -2.20. The fraction of sp³-hybridized carbons (Fsp3) is 0.250. The van der Waals surface area contributed by atoms with Crippen LogP contribution in [-0.2, 0) is 29.1 Å². The lowest BCUT2D eigenvalue weighted by atomic mass is 10.2. The number of esters is 2. The molecule has 0 unspecified atom stereocenters. The summed E-state index contributed by atoms with van der Waals surface area (Å²) in [6.07, 6.45) is 0. The lowest BCUT2D eigenvalue weighted by Crippen LogP contribution is -2.40. The molecule has 160 valence electrons. The summed E-state index contributed by atoms with van der Waals surface area (Å²) in [6, 6.07) is 12.1. The van der Waals surface area contributed by atoms with Crippen molar-refractivity contribution in [2.75, 3.05) is 32.0 Å². The Labute approximate surface area is 174 Å². The third kappa shape index (κ3) is 5.80. The number of carbonyl (C=O) groups is 3. The number of para-hydroxylation sites is 1. The smallest absolute Gasteiger partial charge is 0.325 e. The minimum Gasteiger partial charge on any atom is -0.468 e. The Morgan fingerprint density at radius 1 is 0.900 bits per heavy atom. The van der Waals surface area contributed by atoms with E-state index in [1.54, 1.807) is 31.2 Å². The van der Waals surface area contributed by atoms with E-state index in [4.69, 9.17) is 0 Å². The Morgan fingerprint density at radius 2 is 1.43 bits per heavy atom. The van der Waals surface area contributed by atoms with Crippen molar-refractivity contribution >= 4 is 33.6 Å². The largest absolute Gasteiger partial charge is 0.468 e. The second-order valence-electron chi connectivity index (χ2n) is 6.26. The van der Waals surface area contributed by atoms with E-state index in [2.05, 4.69) is 14.2 Å². The zero-order valence-electron chi connectivity index (χ0n) is 16.7. The second kappa shape index (κ2) is 9.88. The van der Waals surface area contributed by atoms with Crippen molar-refractivity contribution < 1.29 is 32.3 Å². The van der Waals surface area contributed by atoms with Crippen molar-refractivity contribution in [3.63, 3.8) is 0 Å². The molecule has 0 radical (unpaired) electrons. The molecule has 0 aromatic heterocycles. The molecule has 1 N–H and O–H groups in total. The van der Waals surface area contributed by atoms with Crippen LogP contribution >= 0.6 is 0 Å². The van der Waals surface area contributed by atoms with Gasteiger partial charge in [0.15, 0.2) is 0 Å². The number of nitrogens with zero attached hydrogens (tertiary/aromatic N) is 1. The first-order valence-electron chi connectivity index (χ1n) is 8.79.